The normalized spacial score (nSPS) is 13.4. The number of benzene rings is 1. The number of amides is 1. The molecular formula is C21H21N5OS2. The largest absolute Gasteiger partial charge is 0.316 e. The first-order valence-corrected chi connectivity index (χ1v) is 11.4. The number of thiophene rings is 1. The monoisotopic (exact) mass is 423 g/mol. The minimum Gasteiger partial charge on any atom is -0.316 e. The van der Waals surface area contributed by atoms with E-state index in [0.717, 1.165) is 42.8 Å². The van der Waals surface area contributed by atoms with Crippen LogP contribution in [-0.4, -0.2) is 26.4 Å². The van der Waals surface area contributed by atoms with Gasteiger partial charge in [-0.1, -0.05) is 36.4 Å². The summed E-state index contributed by atoms with van der Waals surface area (Å²) in [6.07, 6.45) is 5.38. The van der Waals surface area contributed by atoms with Gasteiger partial charge in [0.25, 0.3) is 0 Å². The summed E-state index contributed by atoms with van der Waals surface area (Å²) >= 11 is 2.90. The highest BCUT2D eigenvalue weighted by atomic mass is 32.2. The van der Waals surface area contributed by atoms with E-state index < -0.39 is 0 Å². The van der Waals surface area contributed by atoms with Crippen molar-refractivity contribution in [2.75, 3.05) is 11.1 Å². The zero-order chi connectivity index (χ0) is 20.2. The molecule has 0 fully saturated rings. The molecule has 3 aromatic rings. The number of rotatable bonds is 5. The van der Waals surface area contributed by atoms with Gasteiger partial charge in [-0.15, -0.1) is 21.5 Å². The molecule has 0 spiro atoms. The molecule has 1 aliphatic carbocycles. The Balaban J connectivity index is 1.47. The topological polar surface area (TPSA) is 83.6 Å². The lowest BCUT2D eigenvalue weighted by molar-refractivity contribution is -0.113. The number of aryl methyl sites for hydroxylation is 2. The number of aromatic nitrogens is 3. The van der Waals surface area contributed by atoms with E-state index in [9.17, 15) is 10.1 Å². The fourth-order valence-electron chi connectivity index (χ4n) is 3.55. The number of fused-ring (bicyclic) bond motifs is 1. The number of nitrogens with zero attached hydrogens (tertiary/aromatic N) is 4. The number of hydrogen-bond acceptors (Lipinski definition) is 6. The van der Waals surface area contributed by atoms with Crippen LogP contribution >= 0.6 is 23.1 Å². The molecule has 8 heteroatoms. The van der Waals surface area contributed by atoms with Gasteiger partial charge in [0.05, 0.1) is 11.3 Å². The molecular weight excluding hydrogens is 402 g/mol. The van der Waals surface area contributed by atoms with Gasteiger partial charge in [0.2, 0.25) is 5.91 Å². The molecule has 0 aliphatic heterocycles. The fraction of sp³-hybridized carbons (Fsp3) is 0.333. The van der Waals surface area contributed by atoms with Crippen molar-refractivity contribution in [3.05, 3.63) is 52.2 Å². The molecule has 2 aromatic heterocycles. The van der Waals surface area contributed by atoms with Crippen LogP contribution < -0.4 is 5.32 Å². The maximum Gasteiger partial charge on any atom is 0.235 e. The highest BCUT2D eigenvalue weighted by Gasteiger charge is 2.21. The second-order valence-electron chi connectivity index (χ2n) is 6.92. The number of anilines is 1. The van der Waals surface area contributed by atoms with Gasteiger partial charge in [-0.2, -0.15) is 5.26 Å². The summed E-state index contributed by atoms with van der Waals surface area (Å²) in [7, 11) is 0. The lowest BCUT2D eigenvalue weighted by Gasteiger charge is -2.08. The van der Waals surface area contributed by atoms with E-state index in [4.69, 9.17) is 0 Å². The highest BCUT2D eigenvalue weighted by molar-refractivity contribution is 7.99. The van der Waals surface area contributed by atoms with Crippen molar-refractivity contribution in [3.63, 3.8) is 0 Å². The molecule has 0 unspecified atom stereocenters. The van der Waals surface area contributed by atoms with Gasteiger partial charge in [-0.05, 0) is 50.3 Å². The Labute approximate surface area is 178 Å². The van der Waals surface area contributed by atoms with E-state index in [1.54, 1.807) is 11.3 Å². The third-order valence-electron chi connectivity index (χ3n) is 4.93. The second-order valence-corrected chi connectivity index (χ2v) is 8.97. The average molecular weight is 424 g/mol. The Hall–Kier alpha value is -2.63. The Kier molecular flexibility index (Phi) is 5.97. The quantitative estimate of drug-likeness (QED) is 0.482. The van der Waals surface area contributed by atoms with Crippen molar-refractivity contribution in [1.82, 2.24) is 14.8 Å². The molecule has 1 aliphatic rings. The number of para-hydroxylation sites is 1. The van der Waals surface area contributed by atoms with E-state index >= 15 is 0 Å². The summed E-state index contributed by atoms with van der Waals surface area (Å²) < 4.78 is 1.94. The van der Waals surface area contributed by atoms with Crippen LogP contribution in [0.3, 0.4) is 0 Å². The Morgan fingerprint density at radius 2 is 2.03 bits per heavy atom. The number of carbonyl (C=O) groups excluding carboxylic acids is 1. The maximum absolute atomic E-state index is 12.6. The number of thioether (sulfide) groups is 1. The van der Waals surface area contributed by atoms with Crippen LogP contribution in [0.1, 0.15) is 41.1 Å². The van der Waals surface area contributed by atoms with E-state index in [1.807, 2.05) is 41.8 Å². The van der Waals surface area contributed by atoms with E-state index in [1.165, 1.54) is 23.1 Å². The van der Waals surface area contributed by atoms with Gasteiger partial charge in [-0.3, -0.25) is 9.36 Å². The minimum absolute atomic E-state index is 0.136. The molecule has 0 bridgehead atoms. The van der Waals surface area contributed by atoms with E-state index in [0.29, 0.717) is 15.7 Å². The first-order valence-electron chi connectivity index (χ1n) is 9.62. The zero-order valence-corrected chi connectivity index (χ0v) is 17.8. The summed E-state index contributed by atoms with van der Waals surface area (Å²) in [5.74, 6) is 0.842. The Bertz CT molecular complexity index is 1060. The van der Waals surface area contributed by atoms with Crippen molar-refractivity contribution in [2.24, 2.45) is 0 Å². The lowest BCUT2D eigenvalue weighted by atomic mass is 10.1. The number of nitrogens with one attached hydrogen (secondary N) is 1. The van der Waals surface area contributed by atoms with Crippen LogP contribution in [0.4, 0.5) is 5.00 Å². The van der Waals surface area contributed by atoms with Gasteiger partial charge in [0.15, 0.2) is 5.16 Å². The van der Waals surface area contributed by atoms with Gasteiger partial charge < -0.3 is 5.32 Å². The smallest absolute Gasteiger partial charge is 0.235 e. The van der Waals surface area contributed by atoms with Crippen molar-refractivity contribution in [3.8, 4) is 11.8 Å². The van der Waals surface area contributed by atoms with Crippen molar-refractivity contribution >= 4 is 34.0 Å². The molecule has 4 rings (SSSR count). The van der Waals surface area contributed by atoms with Gasteiger partial charge in [0.1, 0.15) is 16.9 Å². The summed E-state index contributed by atoms with van der Waals surface area (Å²) in [5, 5.41) is 22.3. The standard InChI is InChI=1S/C21H21N5OS2/c1-14-24-25-21(26(14)15-8-4-2-5-9-15)28-13-19(27)23-20-17(12-22)16-10-6-3-7-11-18(16)29-20/h2,4-5,8-9H,3,6-7,10-11,13H2,1H3,(H,23,27). The highest BCUT2D eigenvalue weighted by Crippen LogP contribution is 2.37. The second kappa shape index (κ2) is 8.80. The van der Waals surface area contributed by atoms with Crippen LogP contribution in [-0.2, 0) is 17.6 Å². The molecule has 6 nitrogen and oxygen atoms in total. The van der Waals surface area contributed by atoms with E-state index in [-0.39, 0.29) is 11.7 Å². The van der Waals surface area contributed by atoms with E-state index in [2.05, 4.69) is 21.6 Å². The number of nitriles is 1. The third kappa shape index (κ3) is 4.21. The third-order valence-corrected chi connectivity index (χ3v) is 7.06. The van der Waals surface area contributed by atoms with Crippen molar-refractivity contribution < 1.29 is 4.79 Å². The molecule has 148 valence electrons. The maximum atomic E-state index is 12.6. The predicted molar refractivity (Wildman–Crippen MR) is 116 cm³/mol. The summed E-state index contributed by atoms with van der Waals surface area (Å²) in [6.45, 7) is 1.89. The van der Waals surface area contributed by atoms with Crippen molar-refractivity contribution in [2.45, 2.75) is 44.2 Å². The van der Waals surface area contributed by atoms with Gasteiger partial charge >= 0.3 is 0 Å². The zero-order valence-electron chi connectivity index (χ0n) is 16.1. The predicted octanol–water partition coefficient (Wildman–Crippen LogP) is 4.51. The SMILES string of the molecule is Cc1nnc(SCC(=O)Nc2sc3c(c2C#N)CCCCC3)n1-c1ccccc1. The Morgan fingerprint density at radius 3 is 2.83 bits per heavy atom. The van der Waals surface area contributed by atoms with Gasteiger partial charge in [0, 0.05) is 10.6 Å². The van der Waals surface area contributed by atoms with Crippen molar-refractivity contribution in [1.29, 1.82) is 5.26 Å². The molecule has 2 heterocycles. The Morgan fingerprint density at radius 1 is 1.24 bits per heavy atom. The first-order chi connectivity index (χ1) is 14.2. The van der Waals surface area contributed by atoms with Crippen LogP contribution in [0, 0.1) is 18.3 Å². The van der Waals surface area contributed by atoms with Crippen LogP contribution in [0.15, 0.2) is 35.5 Å². The minimum atomic E-state index is -0.136. The molecule has 29 heavy (non-hydrogen) atoms. The molecule has 1 N–H and O–H groups in total. The molecule has 1 aromatic carbocycles. The number of hydrogen-bond donors (Lipinski definition) is 1. The summed E-state index contributed by atoms with van der Waals surface area (Å²) in [6, 6.07) is 12.2. The summed E-state index contributed by atoms with van der Waals surface area (Å²) in [5.41, 5.74) is 2.75. The molecule has 1 amide bonds. The molecule has 0 atom stereocenters. The molecule has 0 radical (unpaired) electrons. The van der Waals surface area contributed by atoms with Crippen LogP contribution in [0.5, 0.6) is 0 Å². The van der Waals surface area contributed by atoms with Crippen LogP contribution in [0.2, 0.25) is 0 Å². The first kappa shape index (κ1) is 19.7. The molecule has 0 saturated carbocycles. The number of carbonyl (C=O) groups is 1. The lowest BCUT2D eigenvalue weighted by Crippen LogP contribution is -2.14. The van der Waals surface area contributed by atoms with Gasteiger partial charge in [-0.25, -0.2) is 0 Å². The summed E-state index contributed by atoms with van der Waals surface area (Å²) in [4.78, 5) is 13.8. The molecule has 0 saturated heterocycles. The fourth-order valence-corrected chi connectivity index (χ4v) is 5.61. The average Bonchev–Trinajstić information content (AvgIpc) is 3.17. The van der Waals surface area contributed by atoms with Crippen LogP contribution in [0.25, 0.3) is 5.69 Å².